The van der Waals surface area contributed by atoms with E-state index in [0.717, 1.165) is 11.3 Å². The van der Waals surface area contributed by atoms with Crippen LogP contribution in [-0.4, -0.2) is 37.9 Å². The third-order valence-corrected chi connectivity index (χ3v) is 3.77. The lowest BCUT2D eigenvalue weighted by molar-refractivity contribution is -0.120. The Bertz CT molecular complexity index is 659. The highest BCUT2D eigenvalue weighted by atomic mass is 32.2. The number of aryl methyl sites for hydroxylation is 1. The van der Waals surface area contributed by atoms with Crippen molar-refractivity contribution in [2.24, 2.45) is 0 Å². The van der Waals surface area contributed by atoms with E-state index in [0.29, 0.717) is 5.16 Å². The molecule has 0 bridgehead atoms. The highest BCUT2D eigenvalue weighted by molar-refractivity contribution is 8.00. The second-order valence-corrected chi connectivity index (χ2v) is 5.70. The Labute approximate surface area is 127 Å². The van der Waals surface area contributed by atoms with Crippen LogP contribution in [0.4, 0.5) is 0 Å². The largest absolute Gasteiger partial charge is 0.344 e. The van der Waals surface area contributed by atoms with Crippen molar-refractivity contribution in [2.45, 2.75) is 24.3 Å². The smallest absolute Gasteiger partial charge is 0.234 e. The molecule has 2 rings (SSSR count). The molecule has 0 aliphatic carbocycles. The van der Waals surface area contributed by atoms with Gasteiger partial charge in [0.05, 0.1) is 17.5 Å². The Morgan fingerprint density at radius 1 is 1.48 bits per heavy atom. The summed E-state index contributed by atoms with van der Waals surface area (Å²) in [6.07, 6.45) is 5.12. The molecule has 1 aromatic heterocycles. The van der Waals surface area contributed by atoms with E-state index >= 15 is 0 Å². The molecule has 6 nitrogen and oxygen atoms in total. The third-order valence-electron chi connectivity index (χ3n) is 2.74. The zero-order valence-corrected chi connectivity index (χ0v) is 12.6. The summed E-state index contributed by atoms with van der Waals surface area (Å²) < 4.78 is 1.61. The molecule has 0 spiro atoms. The number of benzene rings is 1. The van der Waals surface area contributed by atoms with Crippen molar-refractivity contribution >= 4 is 17.7 Å². The molecule has 0 aliphatic heterocycles. The first-order valence-electron chi connectivity index (χ1n) is 6.35. The highest BCUT2D eigenvalue weighted by Gasteiger charge is 2.18. The van der Waals surface area contributed by atoms with E-state index in [9.17, 15) is 4.79 Å². The van der Waals surface area contributed by atoms with Gasteiger partial charge >= 0.3 is 0 Å². The van der Waals surface area contributed by atoms with E-state index in [1.54, 1.807) is 11.6 Å². The topological polar surface area (TPSA) is 72.7 Å². The van der Waals surface area contributed by atoms with Gasteiger partial charge in [-0.1, -0.05) is 35.4 Å². The standard InChI is InChI=1S/C14H15N5OS/c1-4-9-15-13(20)11(3)21-14-16-17-18-19(14)12-7-5-10(2)6-8-12/h1,5-8,11H,9H2,2-3H3,(H,15,20). The predicted molar refractivity (Wildman–Crippen MR) is 81.1 cm³/mol. The lowest BCUT2D eigenvalue weighted by Crippen LogP contribution is -2.31. The first kappa shape index (κ1) is 15.1. The second kappa shape index (κ2) is 6.90. The molecule has 21 heavy (non-hydrogen) atoms. The summed E-state index contributed by atoms with van der Waals surface area (Å²) in [6.45, 7) is 4.01. The van der Waals surface area contributed by atoms with Crippen LogP contribution in [-0.2, 0) is 4.79 Å². The number of carbonyl (C=O) groups is 1. The molecule has 7 heteroatoms. The summed E-state index contributed by atoms with van der Waals surface area (Å²) in [6, 6.07) is 7.82. The maximum atomic E-state index is 11.8. The zero-order chi connectivity index (χ0) is 15.2. The normalized spacial score (nSPS) is 11.7. The van der Waals surface area contributed by atoms with Crippen molar-refractivity contribution in [3.05, 3.63) is 29.8 Å². The molecule has 108 valence electrons. The first-order chi connectivity index (χ1) is 10.1. The molecule has 1 heterocycles. The number of rotatable bonds is 5. The van der Waals surface area contributed by atoms with Gasteiger partial charge in [0.2, 0.25) is 11.1 Å². The SMILES string of the molecule is C#CCNC(=O)C(C)Sc1nnnn1-c1ccc(C)cc1. The number of aromatic nitrogens is 4. The average Bonchev–Trinajstić information content (AvgIpc) is 2.93. The van der Waals surface area contributed by atoms with E-state index in [1.807, 2.05) is 31.2 Å². The van der Waals surface area contributed by atoms with E-state index < -0.39 is 0 Å². The molecule has 0 fully saturated rings. The van der Waals surface area contributed by atoms with Crippen LogP contribution in [0.15, 0.2) is 29.4 Å². The van der Waals surface area contributed by atoms with Crippen molar-refractivity contribution in [1.82, 2.24) is 25.5 Å². The first-order valence-corrected chi connectivity index (χ1v) is 7.23. The van der Waals surface area contributed by atoms with E-state index in [4.69, 9.17) is 6.42 Å². The van der Waals surface area contributed by atoms with Gasteiger partial charge in [-0.25, -0.2) is 0 Å². The van der Waals surface area contributed by atoms with Crippen LogP contribution in [0.3, 0.4) is 0 Å². The number of hydrogen-bond donors (Lipinski definition) is 1. The minimum absolute atomic E-state index is 0.142. The van der Waals surface area contributed by atoms with Crippen LogP contribution < -0.4 is 5.32 Å². The Morgan fingerprint density at radius 2 is 2.19 bits per heavy atom. The molecule has 0 saturated carbocycles. The highest BCUT2D eigenvalue weighted by Crippen LogP contribution is 2.22. The Hall–Kier alpha value is -2.33. The summed E-state index contributed by atoms with van der Waals surface area (Å²) in [5.74, 6) is 2.23. The average molecular weight is 301 g/mol. The van der Waals surface area contributed by atoms with Crippen molar-refractivity contribution in [1.29, 1.82) is 0 Å². The molecular weight excluding hydrogens is 286 g/mol. The number of carbonyl (C=O) groups excluding carboxylic acids is 1. The summed E-state index contributed by atoms with van der Waals surface area (Å²) in [5, 5.41) is 14.5. The molecule has 1 atom stereocenters. The van der Waals surface area contributed by atoms with Gasteiger partial charge in [-0.15, -0.1) is 11.5 Å². The summed E-state index contributed by atoms with van der Waals surface area (Å²) >= 11 is 1.28. The molecule has 2 aromatic rings. The van der Waals surface area contributed by atoms with Gasteiger partial charge in [-0.2, -0.15) is 4.68 Å². The second-order valence-electron chi connectivity index (χ2n) is 4.39. The van der Waals surface area contributed by atoms with Crippen molar-refractivity contribution in [2.75, 3.05) is 6.54 Å². The molecular formula is C14H15N5OS. The minimum atomic E-state index is -0.339. The van der Waals surface area contributed by atoms with Gasteiger partial charge in [0.25, 0.3) is 0 Å². The lowest BCUT2D eigenvalue weighted by Gasteiger charge is -2.10. The van der Waals surface area contributed by atoms with Crippen LogP contribution in [0.2, 0.25) is 0 Å². The van der Waals surface area contributed by atoms with Crippen LogP contribution >= 0.6 is 11.8 Å². The summed E-state index contributed by atoms with van der Waals surface area (Å²) in [7, 11) is 0. The molecule has 0 aliphatic rings. The number of terminal acetylenes is 1. The molecule has 0 saturated heterocycles. The summed E-state index contributed by atoms with van der Waals surface area (Å²) in [4.78, 5) is 11.8. The van der Waals surface area contributed by atoms with Crippen LogP contribution in [0.25, 0.3) is 5.69 Å². The van der Waals surface area contributed by atoms with Gasteiger partial charge in [0.1, 0.15) is 0 Å². The molecule has 1 amide bonds. The number of nitrogens with zero attached hydrogens (tertiary/aromatic N) is 4. The fourth-order valence-electron chi connectivity index (χ4n) is 1.59. The van der Waals surface area contributed by atoms with Crippen LogP contribution in [0.5, 0.6) is 0 Å². The molecule has 1 unspecified atom stereocenters. The molecule has 0 radical (unpaired) electrons. The van der Waals surface area contributed by atoms with Crippen molar-refractivity contribution in [3.8, 4) is 18.0 Å². The predicted octanol–water partition coefficient (Wildman–Crippen LogP) is 1.20. The van der Waals surface area contributed by atoms with Crippen molar-refractivity contribution in [3.63, 3.8) is 0 Å². The number of hydrogen-bond acceptors (Lipinski definition) is 5. The van der Waals surface area contributed by atoms with Gasteiger partial charge in [0, 0.05) is 0 Å². The minimum Gasteiger partial charge on any atom is -0.344 e. The number of amides is 1. The monoisotopic (exact) mass is 301 g/mol. The lowest BCUT2D eigenvalue weighted by atomic mass is 10.2. The fourth-order valence-corrected chi connectivity index (χ4v) is 2.43. The maximum Gasteiger partial charge on any atom is 0.234 e. The third kappa shape index (κ3) is 3.83. The fraction of sp³-hybridized carbons (Fsp3) is 0.286. The maximum absolute atomic E-state index is 11.8. The number of thioether (sulfide) groups is 1. The van der Waals surface area contributed by atoms with Crippen molar-refractivity contribution < 1.29 is 4.79 Å². The van der Waals surface area contributed by atoms with Crippen LogP contribution in [0, 0.1) is 19.3 Å². The Kier molecular flexibility index (Phi) is 4.95. The van der Waals surface area contributed by atoms with Gasteiger partial charge in [0.15, 0.2) is 0 Å². The van der Waals surface area contributed by atoms with Crippen LogP contribution in [0.1, 0.15) is 12.5 Å². The van der Waals surface area contributed by atoms with E-state index in [1.165, 1.54) is 11.8 Å². The van der Waals surface area contributed by atoms with Gasteiger partial charge < -0.3 is 5.32 Å². The quantitative estimate of drug-likeness (QED) is 0.663. The number of tetrazole rings is 1. The Morgan fingerprint density at radius 3 is 2.86 bits per heavy atom. The zero-order valence-electron chi connectivity index (χ0n) is 11.8. The van der Waals surface area contributed by atoms with E-state index in [2.05, 4.69) is 26.8 Å². The Balaban J connectivity index is 2.12. The molecule has 1 aromatic carbocycles. The van der Waals surface area contributed by atoms with Gasteiger partial charge in [-0.05, 0) is 36.4 Å². The summed E-state index contributed by atoms with van der Waals surface area (Å²) in [5.41, 5.74) is 2.01. The van der Waals surface area contributed by atoms with Gasteiger partial charge in [-0.3, -0.25) is 4.79 Å². The van der Waals surface area contributed by atoms with E-state index in [-0.39, 0.29) is 17.7 Å². The number of nitrogens with one attached hydrogen (secondary N) is 1. The molecule has 1 N–H and O–H groups in total.